The molecule has 184 valence electrons. The van der Waals surface area contributed by atoms with Crippen LogP contribution in [0.25, 0.3) is 10.9 Å². The fourth-order valence-corrected chi connectivity index (χ4v) is 6.11. The Morgan fingerprint density at radius 2 is 1.91 bits per heavy atom. The van der Waals surface area contributed by atoms with Crippen molar-refractivity contribution in [2.45, 2.75) is 37.9 Å². The SMILES string of the molecule is COC(=O)C1CC(NC(=O)c2cc3cc(Cl)ccc3[nH]2)C(NC(=O)c2nc3c(s2)CN(C)CC3)C1. The maximum absolute atomic E-state index is 13.1. The summed E-state index contributed by atoms with van der Waals surface area (Å²) in [5.41, 5.74) is 2.15. The Kier molecular flexibility index (Phi) is 6.52. The van der Waals surface area contributed by atoms with E-state index in [2.05, 4.69) is 25.5 Å². The average Bonchev–Trinajstić information content (AvgIpc) is 3.54. The van der Waals surface area contributed by atoms with Crippen molar-refractivity contribution in [1.29, 1.82) is 0 Å². The molecular weight excluding hydrogens is 490 g/mol. The van der Waals surface area contributed by atoms with Crippen LogP contribution >= 0.6 is 22.9 Å². The van der Waals surface area contributed by atoms with Gasteiger partial charge in [0, 0.05) is 40.3 Å². The van der Waals surface area contributed by atoms with E-state index in [1.807, 2.05) is 13.1 Å². The molecule has 2 aliphatic rings. The normalized spacial score (nSPS) is 22.1. The number of halogens is 1. The number of aromatic nitrogens is 2. The number of rotatable bonds is 5. The molecule has 0 spiro atoms. The monoisotopic (exact) mass is 515 g/mol. The number of carbonyl (C=O) groups is 3. The molecule has 5 rings (SSSR count). The molecule has 35 heavy (non-hydrogen) atoms. The zero-order valence-electron chi connectivity index (χ0n) is 19.4. The van der Waals surface area contributed by atoms with Crippen LogP contribution in [-0.2, 0) is 22.5 Å². The first-order valence-electron chi connectivity index (χ1n) is 11.5. The molecule has 1 saturated carbocycles. The fraction of sp³-hybridized carbons (Fsp3) is 0.417. The number of amides is 2. The number of esters is 1. The van der Waals surface area contributed by atoms with Crippen LogP contribution in [0.5, 0.6) is 0 Å². The first-order valence-corrected chi connectivity index (χ1v) is 12.6. The van der Waals surface area contributed by atoms with Crippen LogP contribution in [0.1, 0.15) is 43.7 Å². The van der Waals surface area contributed by atoms with Gasteiger partial charge in [-0.25, -0.2) is 4.98 Å². The van der Waals surface area contributed by atoms with E-state index in [1.54, 1.807) is 18.2 Å². The van der Waals surface area contributed by atoms with Crippen LogP contribution in [0, 0.1) is 5.92 Å². The molecule has 0 radical (unpaired) electrons. The Morgan fingerprint density at radius 1 is 1.17 bits per heavy atom. The van der Waals surface area contributed by atoms with Crippen molar-refractivity contribution in [3.8, 4) is 0 Å². The van der Waals surface area contributed by atoms with E-state index in [1.165, 1.54) is 18.4 Å². The van der Waals surface area contributed by atoms with Crippen molar-refractivity contribution in [1.82, 2.24) is 25.5 Å². The maximum Gasteiger partial charge on any atom is 0.308 e. The summed E-state index contributed by atoms with van der Waals surface area (Å²) < 4.78 is 4.93. The predicted octanol–water partition coefficient (Wildman–Crippen LogP) is 2.75. The molecular formula is C24H26ClN5O4S. The highest BCUT2D eigenvalue weighted by atomic mass is 35.5. The van der Waals surface area contributed by atoms with Crippen LogP contribution in [-0.4, -0.2) is 65.4 Å². The Balaban J connectivity index is 1.32. The second-order valence-corrected chi connectivity index (χ2v) is 10.7. The number of H-pyrrole nitrogens is 1. The molecule has 2 aromatic heterocycles. The molecule has 2 amide bonds. The molecule has 9 nitrogen and oxygen atoms in total. The molecule has 0 bridgehead atoms. The zero-order chi connectivity index (χ0) is 24.7. The Labute approximate surface area is 211 Å². The number of nitrogens with zero attached hydrogens (tertiary/aromatic N) is 2. The maximum atomic E-state index is 13.1. The minimum atomic E-state index is -0.439. The third-order valence-electron chi connectivity index (χ3n) is 6.67. The van der Waals surface area contributed by atoms with Gasteiger partial charge < -0.3 is 25.3 Å². The smallest absolute Gasteiger partial charge is 0.308 e. The summed E-state index contributed by atoms with van der Waals surface area (Å²) in [6.07, 6.45) is 1.56. The second kappa shape index (κ2) is 9.60. The van der Waals surface area contributed by atoms with E-state index in [0.717, 1.165) is 41.0 Å². The number of fused-ring (bicyclic) bond motifs is 2. The molecule has 3 heterocycles. The lowest BCUT2D eigenvalue weighted by Gasteiger charge is -2.21. The molecule has 3 N–H and O–H groups in total. The first kappa shape index (κ1) is 23.8. The number of likely N-dealkylation sites (N-methyl/N-ethyl adjacent to an activating group) is 1. The third kappa shape index (κ3) is 4.91. The van der Waals surface area contributed by atoms with Gasteiger partial charge in [-0.3, -0.25) is 14.4 Å². The lowest BCUT2D eigenvalue weighted by atomic mass is 10.1. The fourth-order valence-electron chi connectivity index (χ4n) is 4.84. The van der Waals surface area contributed by atoms with Crippen LogP contribution in [0.2, 0.25) is 5.02 Å². The Hall–Kier alpha value is -2.95. The number of hydrogen-bond acceptors (Lipinski definition) is 7. The average molecular weight is 516 g/mol. The van der Waals surface area contributed by atoms with E-state index in [-0.39, 0.29) is 17.8 Å². The van der Waals surface area contributed by atoms with Crippen molar-refractivity contribution in [3.05, 3.63) is 50.6 Å². The highest BCUT2D eigenvalue weighted by Crippen LogP contribution is 2.29. The standard InChI is InChI=1S/C24H26ClN5O4S/c1-30-6-5-16-20(11-30)35-23(29-16)22(32)28-18-10-13(24(33)34-2)9-17(18)27-21(31)19-8-12-7-14(25)3-4-15(12)26-19/h3-4,7-8,13,17-18,26H,5-6,9-11H2,1-2H3,(H,27,31)(H,28,32). The van der Waals surface area contributed by atoms with Gasteiger partial charge >= 0.3 is 5.97 Å². The van der Waals surface area contributed by atoms with Crippen LogP contribution < -0.4 is 10.6 Å². The number of carbonyl (C=O) groups excluding carboxylic acids is 3. The molecule has 3 unspecified atom stereocenters. The summed E-state index contributed by atoms with van der Waals surface area (Å²) >= 11 is 7.46. The molecule has 0 saturated heterocycles. The molecule has 1 fully saturated rings. The van der Waals surface area contributed by atoms with Crippen LogP contribution in [0.4, 0.5) is 0 Å². The number of benzene rings is 1. The summed E-state index contributed by atoms with van der Waals surface area (Å²) in [6.45, 7) is 1.69. The van der Waals surface area contributed by atoms with E-state index >= 15 is 0 Å². The van der Waals surface area contributed by atoms with Crippen molar-refractivity contribution >= 4 is 51.6 Å². The van der Waals surface area contributed by atoms with Gasteiger partial charge in [-0.2, -0.15) is 0 Å². The van der Waals surface area contributed by atoms with E-state index in [0.29, 0.717) is 28.6 Å². The molecule has 1 aliphatic carbocycles. The van der Waals surface area contributed by atoms with Gasteiger partial charge in [-0.05, 0) is 44.2 Å². The summed E-state index contributed by atoms with van der Waals surface area (Å²) in [4.78, 5) is 49.3. The summed E-state index contributed by atoms with van der Waals surface area (Å²) in [6, 6.07) is 6.20. The number of hydrogen-bond donors (Lipinski definition) is 3. The van der Waals surface area contributed by atoms with Crippen molar-refractivity contribution < 1.29 is 19.1 Å². The molecule has 3 atom stereocenters. The van der Waals surface area contributed by atoms with E-state index in [4.69, 9.17) is 16.3 Å². The lowest BCUT2D eigenvalue weighted by molar-refractivity contribution is -0.145. The number of nitrogens with one attached hydrogen (secondary N) is 3. The molecule has 1 aliphatic heterocycles. The Morgan fingerprint density at radius 3 is 2.66 bits per heavy atom. The summed E-state index contributed by atoms with van der Waals surface area (Å²) in [5.74, 6) is -1.38. The molecule has 1 aromatic carbocycles. The van der Waals surface area contributed by atoms with Gasteiger partial charge in [0.25, 0.3) is 11.8 Å². The summed E-state index contributed by atoms with van der Waals surface area (Å²) in [5, 5.41) is 7.82. The number of methoxy groups -OCH3 is 1. The number of thiazole rings is 1. The van der Waals surface area contributed by atoms with Crippen molar-refractivity contribution in [3.63, 3.8) is 0 Å². The van der Waals surface area contributed by atoms with Gasteiger partial charge in [0.2, 0.25) is 0 Å². The van der Waals surface area contributed by atoms with Gasteiger partial charge in [0.15, 0.2) is 5.01 Å². The van der Waals surface area contributed by atoms with Crippen molar-refractivity contribution in [2.75, 3.05) is 20.7 Å². The largest absolute Gasteiger partial charge is 0.469 e. The minimum Gasteiger partial charge on any atom is -0.469 e. The third-order valence-corrected chi connectivity index (χ3v) is 7.99. The van der Waals surface area contributed by atoms with E-state index < -0.39 is 18.0 Å². The van der Waals surface area contributed by atoms with Gasteiger partial charge in [0.1, 0.15) is 5.69 Å². The predicted molar refractivity (Wildman–Crippen MR) is 133 cm³/mol. The number of ether oxygens (including phenoxy) is 1. The first-order chi connectivity index (χ1) is 16.8. The highest BCUT2D eigenvalue weighted by Gasteiger charge is 2.40. The Bertz CT molecular complexity index is 1300. The number of aromatic amines is 1. The topological polar surface area (TPSA) is 116 Å². The van der Waals surface area contributed by atoms with Gasteiger partial charge in [-0.15, -0.1) is 11.3 Å². The van der Waals surface area contributed by atoms with Gasteiger partial charge in [0.05, 0.1) is 30.8 Å². The summed E-state index contributed by atoms with van der Waals surface area (Å²) in [7, 11) is 3.39. The molecule has 3 aromatic rings. The lowest BCUT2D eigenvalue weighted by Crippen LogP contribution is -2.48. The minimum absolute atomic E-state index is 0.290. The highest BCUT2D eigenvalue weighted by molar-refractivity contribution is 7.13. The van der Waals surface area contributed by atoms with E-state index in [9.17, 15) is 14.4 Å². The molecule has 11 heteroatoms. The quantitative estimate of drug-likeness (QED) is 0.450. The van der Waals surface area contributed by atoms with Crippen molar-refractivity contribution in [2.24, 2.45) is 5.92 Å². The van der Waals surface area contributed by atoms with Crippen LogP contribution in [0.15, 0.2) is 24.3 Å². The second-order valence-electron chi connectivity index (χ2n) is 9.14. The van der Waals surface area contributed by atoms with Crippen LogP contribution in [0.3, 0.4) is 0 Å². The zero-order valence-corrected chi connectivity index (χ0v) is 21.0. The van der Waals surface area contributed by atoms with Gasteiger partial charge in [-0.1, -0.05) is 11.6 Å².